The highest BCUT2D eigenvalue weighted by Crippen LogP contribution is 2.28. The van der Waals surface area contributed by atoms with Gasteiger partial charge < -0.3 is 0 Å². The van der Waals surface area contributed by atoms with Crippen molar-refractivity contribution in [3.05, 3.63) is 46.7 Å². The number of hydrogen-bond acceptors (Lipinski definition) is 4. The average molecular weight is 322 g/mol. The van der Waals surface area contributed by atoms with Crippen molar-refractivity contribution in [1.82, 2.24) is 9.97 Å². The summed E-state index contributed by atoms with van der Waals surface area (Å²) in [6.07, 6.45) is 1.07. The van der Waals surface area contributed by atoms with Crippen molar-refractivity contribution in [1.29, 1.82) is 0 Å². The summed E-state index contributed by atoms with van der Waals surface area (Å²) in [4.78, 5) is 6.66. The standard InChI is InChI=1S/C10H6Cl2FN3O2S/c11-9-8(10(12)15-5-14-9)16-19(17,18)7-4-2-1-3-6(7)13/h1-5,16H. The predicted molar refractivity (Wildman–Crippen MR) is 69.3 cm³/mol. The molecule has 2 aromatic rings. The van der Waals surface area contributed by atoms with Crippen molar-refractivity contribution in [3.63, 3.8) is 0 Å². The summed E-state index contributed by atoms with van der Waals surface area (Å²) in [6.45, 7) is 0. The molecule has 0 unspecified atom stereocenters. The zero-order chi connectivity index (χ0) is 14.0. The van der Waals surface area contributed by atoms with Gasteiger partial charge in [-0.3, -0.25) is 4.72 Å². The van der Waals surface area contributed by atoms with Gasteiger partial charge in [-0.1, -0.05) is 35.3 Å². The van der Waals surface area contributed by atoms with E-state index in [2.05, 4.69) is 14.7 Å². The van der Waals surface area contributed by atoms with Gasteiger partial charge in [-0.25, -0.2) is 22.8 Å². The summed E-state index contributed by atoms with van der Waals surface area (Å²) >= 11 is 11.4. The van der Waals surface area contributed by atoms with E-state index in [-0.39, 0.29) is 16.0 Å². The smallest absolute Gasteiger partial charge is 0.265 e. The fourth-order valence-corrected chi connectivity index (χ4v) is 2.96. The average Bonchev–Trinajstić information content (AvgIpc) is 2.34. The number of anilines is 1. The van der Waals surface area contributed by atoms with Crippen LogP contribution >= 0.6 is 23.2 Å². The van der Waals surface area contributed by atoms with Crippen LogP contribution in [0, 0.1) is 5.82 Å². The van der Waals surface area contributed by atoms with Gasteiger partial charge in [0.2, 0.25) is 0 Å². The van der Waals surface area contributed by atoms with Crippen molar-refractivity contribution in [2.45, 2.75) is 4.90 Å². The lowest BCUT2D eigenvalue weighted by molar-refractivity contribution is 0.570. The van der Waals surface area contributed by atoms with Gasteiger partial charge in [0.1, 0.15) is 22.7 Å². The maximum Gasteiger partial charge on any atom is 0.265 e. The van der Waals surface area contributed by atoms with E-state index in [0.29, 0.717) is 0 Å². The molecule has 100 valence electrons. The van der Waals surface area contributed by atoms with Crippen molar-refractivity contribution >= 4 is 38.9 Å². The van der Waals surface area contributed by atoms with E-state index in [1.165, 1.54) is 12.1 Å². The van der Waals surface area contributed by atoms with Crippen LogP contribution in [0.1, 0.15) is 0 Å². The fraction of sp³-hybridized carbons (Fsp3) is 0. The number of sulfonamides is 1. The molecule has 1 N–H and O–H groups in total. The Morgan fingerprint density at radius 1 is 1.11 bits per heavy atom. The van der Waals surface area contributed by atoms with Crippen LogP contribution in [0.5, 0.6) is 0 Å². The number of halogens is 3. The number of nitrogens with zero attached hydrogens (tertiary/aromatic N) is 2. The lowest BCUT2D eigenvalue weighted by Crippen LogP contribution is -2.15. The molecule has 0 aliphatic heterocycles. The second-order valence-electron chi connectivity index (χ2n) is 3.37. The van der Waals surface area contributed by atoms with E-state index in [1.54, 1.807) is 0 Å². The Kier molecular flexibility index (Phi) is 3.88. The molecule has 2 rings (SSSR count). The molecule has 1 aromatic heterocycles. The van der Waals surface area contributed by atoms with Gasteiger partial charge in [-0.05, 0) is 12.1 Å². The lowest BCUT2D eigenvalue weighted by atomic mass is 10.4. The number of hydrogen-bond donors (Lipinski definition) is 1. The Morgan fingerprint density at radius 3 is 2.26 bits per heavy atom. The Balaban J connectivity index is 2.46. The quantitative estimate of drug-likeness (QED) is 0.882. The number of rotatable bonds is 3. The van der Waals surface area contributed by atoms with Gasteiger partial charge in [0.15, 0.2) is 10.3 Å². The summed E-state index contributed by atoms with van der Waals surface area (Å²) in [5.41, 5.74) is -0.200. The highest BCUT2D eigenvalue weighted by atomic mass is 35.5. The van der Waals surface area contributed by atoms with Crippen LogP contribution in [-0.2, 0) is 10.0 Å². The van der Waals surface area contributed by atoms with E-state index in [0.717, 1.165) is 18.5 Å². The molecule has 0 saturated carbocycles. The molecule has 0 atom stereocenters. The van der Waals surface area contributed by atoms with Crippen LogP contribution in [0.25, 0.3) is 0 Å². The third kappa shape index (κ3) is 2.94. The molecular formula is C10H6Cl2FN3O2S. The molecule has 19 heavy (non-hydrogen) atoms. The summed E-state index contributed by atoms with van der Waals surface area (Å²) in [5.74, 6) is -0.890. The van der Waals surface area contributed by atoms with Crippen molar-refractivity contribution in [3.8, 4) is 0 Å². The minimum absolute atomic E-state index is 0.181. The van der Waals surface area contributed by atoms with Gasteiger partial charge in [0, 0.05) is 0 Å². The molecule has 1 heterocycles. The molecule has 1 aromatic carbocycles. The van der Waals surface area contributed by atoms with Gasteiger partial charge >= 0.3 is 0 Å². The first-order chi connectivity index (χ1) is 8.92. The Bertz CT molecular complexity index is 704. The lowest BCUT2D eigenvalue weighted by Gasteiger charge is -2.10. The first-order valence-corrected chi connectivity index (χ1v) is 7.09. The predicted octanol–water partition coefficient (Wildman–Crippen LogP) is 2.72. The second kappa shape index (κ2) is 5.28. The van der Waals surface area contributed by atoms with Crippen LogP contribution in [0.15, 0.2) is 35.5 Å². The molecule has 0 spiro atoms. The largest absolute Gasteiger partial charge is 0.273 e. The first kappa shape index (κ1) is 14.0. The van der Waals surface area contributed by atoms with Crippen molar-refractivity contribution in [2.24, 2.45) is 0 Å². The zero-order valence-corrected chi connectivity index (χ0v) is 11.5. The third-order valence-corrected chi connectivity index (χ3v) is 4.07. The Hall–Kier alpha value is -1.44. The summed E-state index contributed by atoms with van der Waals surface area (Å²) in [7, 11) is -4.16. The maximum atomic E-state index is 13.5. The molecule has 0 saturated heterocycles. The van der Waals surface area contributed by atoms with Gasteiger partial charge in [-0.15, -0.1) is 0 Å². The van der Waals surface area contributed by atoms with Gasteiger partial charge in [-0.2, -0.15) is 0 Å². The minimum Gasteiger partial charge on any atom is -0.273 e. The van der Waals surface area contributed by atoms with Crippen molar-refractivity contribution in [2.75, 3.05) is 4.72 Å². The molecule has 0 amide bonds. The van der Waals surface area contributed by atoms with Gasteiger partial charge in [0.05, 0.1) is 0 Å². The van der Waals surface area contributed by atoms with E-state index >= 15 is 0 Å². The molecular weight excluding hydrogens is 316 g/mol. The number of benzene rings is 1. The highest BCUT2D eigenvalue weighted by molar-refractivity contribution is 7.92. The SMILES string of the molecule is O=S(=O)(Nc1c(Cl)ncnc1Cl)c1ccccc1F. The molecule has 0 aliphatic carbocycles. The van der Waals surface area contributed by atoms with E-state index in [9.17, 15) is 12.8 Å². The summed E-state index contributed by atoms with van der Waals surface area (Å²) < 4.78 is 39.5. The molecule has 5 nitrogen and oxygen atoms in total. The van der Waals surface area contributed by atoms with E-state index < -0.39 is 20.7 Å². The van der Waals surface area contributed by atoms with Crippen LogP contribution in [-0.4, -0.2) is 18.4 Å². The number of nitrogens with one attached hydrogen (secondary N) is 1. The van der Waals surface area contributed by atoms with Crippen molar-refractivity contribution < 1.29 is 12.8 Å². The maximum absolute atomic E-state index is 13.5. The minimum atomic E-state index is -4.16. The highest BCUT2D eigenvalue weighted by Gasteiger charge is 2.21. The molecule has 9 heteroatoms. The van der Waals surface area contributed by atoms with E-state index in [4.69, 9.17) is 23.2 Å². The second-order valence-corrected chi connectivity index (χ2v) is 5.73. The first-order valence-electron chi connectivity index (χ1n) is 4.85. The third-order valence-electron chi connectivity index (χ3n) is 2.12. The van der Waals surface area contributed by atoms with Crippen LogP contribution in [0.4, 0.5) is 10.1 Å². The normalized spacial score (nSPS) is 11.3. The topological polar surface area (TPSA) is 72.0 Å². The molecule has 0 aliphatic rings. The Morgan fingerprint density at radius 2 is 1.68 bits per heavy atom. The van der Waals surface area contributed by atoms with Crippen LogP contribution < -0.4 is 4.72 Å². The Labute approximate surface area is 118 Å². The molecule has 0 bridgehead atoms. The molecule has 0 fully saturated rings. The summed E-state index contributed by atoms with van der Waals surface area (Å²) in [5, 5.41) is -0.361. The van der Waals surface area contributed by atoms with Crippen LogP contribution in [0.3, 0.4) is 0 Å². The summed E-state index contributed by atoms with van der Waals surface area (Å²) in [6, 6.07) is 4.91. The zero-order valence-electron chi connectivity index (χ0n) is 9.14. The fourth-order valence-electron chi connectivity index (χ4n) is 1.28. The molecule has 0 radical (unpaired) electrons. The van der Waals surface area contributed by atoms with E-state index in [1.807, 2.05) is 0 Å². The number of aromatic nitrogens is 2. The van der Waals surface area contributed by atoms with Gasteiger partial charge in [0.25, 0.3) is 10.0 Å². The monoisotopic (exact) mass is 321 g/mol. The van der Waals surface area contributed by atoms with Crippen LogP contribution in [0.2, 0.25) is 10.3 Å².